The van der Waals surface area contributed by atoms with Gasteiger partial charge < -0.3 is 10.2 Å². The summed E-state index contributed by atoms with van der Waals surface area (Å²) in [6.45, 7) is 0.0295. The molecule has 3 rings (SSSR count). The molecule has 1 aromatic carbocycles. The average Bonchev–Trinajstić information content (AvgIpc) is 3.12. The molecular formula is C18H17N3O7. The van der Waals surface area contributed by atoms with Gasteiger partial charge in [-0.3, -0.25) is 28.9 Å². The van der Waals surface area contributed by atoms with Crippen molar-refractivity contribution < 1.29 is 33.6 Å². The standard InChI is InChI=1S/C18H17N3O7/c22-13(5-8-16(25)28-21-14(23)6-7-15(21)24)19-9-10-20-17(26)11-3-1-2-4-12(11)18(20)27/h1-4H,5-10H2,(H,19,22). The van der Waals surface area contributed by atoms with Gasteiger partial charge in [0.25, 0.3) is 23.6 Å². The Balaban J connectivity index is 1.39. The zero-order valence-corrected chi connectivity index (χ0v) is 14.8. The summed E-state index contributed by atoms with van der Waals surface area (Å²) in [7, 11) is 0. The molecule has 28 heavy (non-hydrogen) atoms. The summed E-state index contributed by atoms with van der Waals surface area (Å²) < 4.78 is 0. The molecule has 1 N–H and O–H groups in total. The number of carbonyl (C=O) groups is 6. The van der Waals surface area contributed by atoms with E-state index in [1.807, 2.05) is 0 Å². The first-order valence-electron chi connectivity index (χ1n) is 8.67. The maximum absolute atomic E-state index is 12.2. The molecule has 2 heterocycles. The lowest BCUT2D eigenvalue weighted by atomic mass is 10.1. The molecule has 0 bridgehead atoms. The first-order chi connectivity index (χ1) is 13.4. The van der Waals surface area contributed by atoms with Crippen LogP contribution in [0.25, 0.3) is 0 Å². The first-order valence-corrected chi connectivity index (χ1v) is 8.67. The van der Waals surface area contributed by atoms with Gasteiger partial charge in [0, 0.05) is 32.4 Å². The van der Waals surface area contributed by atoms with E-state index in [4.69, 9.17) is 0 Å². The van der Waals surface area contributed by atoms with E-state index in [9.17, 15) is 28.8 Å². The van der Waals surface area contributed by atoms with Crippen LogP contribution in [-0.2, 0) is 24.0 Å². The number of hydroxylamine groups is 2. The summed E-state index contributed by atoms with van der Waals surface area (Å²) in [6.07, 6.45) is -0.568. The summed E-state index contributed by atoms with van der Waals surface area (Å²) in [4.78, 5) is 76.2. The van der Waals surface area contributed by atoms with Crippen LogP contribution in [0.1, 0.15) is 46.4 Å². The monoisotopic (exact) mass is 387 g/mol. The SMILES string of the molecule is O=C(CCC(=O)ON1C(=O)CCC1=O)NCCN1C(=O)c2ccccc2C1=O. The maximum Gasteiger partial charge on any atom is 0.333 e. The van der Waals surface area contributed by atoms with Crippen molar-refractivity contribution in [3.8, 4) is 0 Å². The number of fused-ring (bicyclic) bond motifs is 1. The highest BCUT2D eigenvalue weighted by Crippen LogP contribution is 2.21. The Morgan fingerprint density at radius 3 is 2.07 bits per heavy atom. The van der Waals surface area contributed by atoms with Crippen molar-refractivity contribution >= 4 is 35.5 Å². The molecular weight excluding hydrogens is 370 g/mol. The van der Waals surface area contributed by atoms with Crippen LogP contribution in [0.4, 0.5) is 0 Å². The molecule has 146 valence electrons. The van der Waals surface area contributed by atoms with E-state index < -0.39 is 35.5 Å². The van der Waals surface area contributed by atoms with Crippen LogP contribution in [0.15, 0.2) is 24.3 Å². The van der Waals surface area contributed by atoms with Crippen molar-refractivity contribution in [3.63, 3.8) is 0 Å². The molecule has 1 saturated heterocycles. The Morgan fingerprint density at radius 1 is 0.929 bits per heavy atom. The van der Waals surface area contributed by atoms with Gasteiger partial charge in [-0.05, 0) is 12.1 Å². The van der Waals surface area contributed by atoms with Crippen molar-refractivity contribution in [2.24, 2.45) is 0 Å². The van der Waals surface area contributed by atoms with Gasteiger partial charge in [0.1, 0.15) is 0 Å². The number of hydrogen-bond acceptors (Lipinski definition) is 7. The Morgan fingerprint density at radius 2 is 1.50 bits per heavy atom. The zero-order valence-electron chi connectivity index (χ0n) is 14.8. The molecule has 0 spiro atoms. The Bertz CT molecular complexity index is 829. The summed E-state index contributed by atoms with van der Waals surface area (Å²) in [5.74, 6) is -3.39. The van der Waals surface area contributed by atoms with Gasteiger partial charge in [-0.1, -0.05) is 12.1 Å². The summed E-state index contributed by atoms with van der Waals surface area (Å²) in [6, 6.07) is 6.46. The van der Waals surface area contributed by atoms with Crippen molar-refractivity contribution in [1.29, 1.82) is 0 Å². The first kappa shape index (κ1) is 19.2. The molecule has 0 aliphatic carbocycles. The number of imide groups is 2. The van der Waals surface area contributed by atoms with Crippen LogP contribution in [-0.4, -0.2) is 58.6 Å². The second-order valence-corrected chi connectivity index (χ2v) is 6.20. The highest BCUT2D eigenvalue weighted by Gasteiger charge is 2.35. The third kappa shape index (κ3) is 3.90. The van der Waals surface area contributed by atoms with Crippen molar-refractivity contribution in [2.75, 3.05) is 13.1 Å². The fourth-order valence-electron chi connectivity index (χ4n) is 2.86. The Labute approximate surface area is 159 Å². The van der Waals surface area contributed by atoms with Crippen LogP contribution < -0.4 is 5.32 Å². The maximum atomic E-state index is 12.2. The number of carbonyl (C=O) groups excluding carboxylic acids is 6. The lowest BCUT2D eigenvalue weighted by molar-refractivity contribution is -0.197. The number of nitrogens with one attached hydrogen (secondary N) is 1. The van der Waals surface area contributed by atoms with Gasteiger partial charge in [-0.15, -0.1) is 5.06 Å². The highest BCUT2D eigenvalue weighted by molar-refractivity contribution is 6.21. The second kappa shape index (κ2) is 7.99. The molecule has 1 fully saturated rings. The van der Waals surface area contributed by atoms with Gasteiger partial charge in [-0.25, -0.2) is 4.79 Å². The molecule has 10 heteroatoms. The molecule has 0 atom stereocenters. The van der Waals surface area contributed by atoms with E-state index in [0.29, 0.717) is 16.2 Å². The smallest absolute Gasteiger partial charge is 0.333 e. The third-order valence-corrected chi connectivity index (χ3v) is 4.29. The average molecular weight is 387 g/mol. The number of nitrogens with zero attached hydrogens (tertiary/aromatic N) is 2. The van der Waals surface area contributed by atoms with Gasteiger partial charge in [-0.2, -0.15) is 0 Å². The Kier molecular flexibility index (Phi) is 5.48. The van der Waals surface area contributed by atoms with E-state index in [-0.39, 0.29) is 38.8 Å². The van der Waals surface area contributed by atoms with Crippen molar-refractivity contribution in [2.45, 2.75) is 25.7 Å². The normalized spacial score (nSPS) is 15.9. The van der Waals surface area contributed by atoms with E-state index in [0.717, 1.165) is 4.90 Å². The van der Waals surface area contributed by atoms with E-state index in [2.05, 4.69) is 10.2 Å². The van der Waals surface area contributed by atoms with Crippen LogP contribution in [0, 0.1) is 0 Å². The molecule has 0 unspecified atom stereocenters. The topological polar surface area (TPSA) is 130 Å². The van der Waals surface area contributed by atoms with Gasteiger partial charge in [0.15, 0.2) is 0 Å². The van der Waals surface area contributed by atoms with Crippen LogP contribution in [0.5, 0.6) is 0 Å². The zero-order chi connectivity index (χ0) is 20.3. The second-order valence-electron chi connectivity index (χ2n) is 6.20. The molecule has 1 aromatic rings. The van der Waals surface area contributed by atoms with E-state index in [1.54, 1.807) is 24.3 Å². The minimum absolute atomic E-state index is 0.000680. The fourth-order valence-corrected chi connectivity index (χ4v) is 2.86. The minimum Gasteiger partial charge on any atom is -0.354 e. The van der Waals surface area contributed by atoms with Crippen LogP contribution in [0.2, 0.25) is 0 Å². The van der Waals surface area contributed by atoms with Crippen LogP contribution >= 0.6 is 0 Å². The third-order valence-electron chi connectivity index (χ3n) is 4.29. The van der Waals surface area contributed by atoms with E-state index >= 15 is 0 Å². The highest BCUT2D eigenvalue weighted by atomic mass is 16.7. The van der Waals surface area contributed by atoms with Gasteiger partial charge >= 0.3 is 5.97 Å². The molecule has 0 radical (unpaired) electrons. The molecule has 5 amide bonds. The molecule has 0 aromatic heterocycles. The molecule has 2 aliphatic heterocycles. The lowest BCUT2D eigenvalue weighted by Crippen LogP contribution is -2.38. The lowest BCUT2D eigenvalue weighted by Gasteiger charge is -2.14. The largest absolute Gasteiger partial charge is 0.354 e. The number of rotatable bonds is 7. The number of hydrogen-bond donors (Lipinski definition) is 1. The predicted octanol–water partition coefficient (Wildman–Crippen LogP) is -0.214. The van der Waals surface area contributed by atoms with Crippen LogP contribution in [0.3, 0.4) is 0 Å². The minimum atomic E-state index is -0.876. The van der Waals surface area contributed by atoms with Gasteiger partial charge in [0.2, 0.25) is 5.91 Å². The Hall–Kier alpha value is -3.56. The number of amides is 5. The molecule has 10 nitrogen and oxygen atoms in total. The summed E-state index contributed by atoms with van der Waals surface area (Å²) in [5.41, 5.74) is 0.653. The summed E-state index contributed by atoms with van der Waals surface area (Å²) >= 11 is 0. The number of benzene rings is 1. The van der Waals surface area contributed by atoms with Crippen molar-refractivity contribution in [3.05, 3.63) is 35.4 Å². The quantitative estimate of drug-likeness (QED) is 0.641. The fraction of sp³-hybridized carbons (Fsp3) is 0.333. The summed E-state index contributed by atoms with van der Waals surface area (Å²) in [5, 5.41) is 2.92. The predicted molar refractivity (Wildman–Crippen MR) is 91.2 cm³/mol. The molecule has 2 aliphatic rings. The molecule has 0 saturated carbocycles. The van der Waals surface area contributed by atoms with Crippen molar-refractivity contribution in [1.82, 2.24) is 15.3 Å². The van der Waals surface area contributed by atoms with E-state index in [1.165, 1.54) is 0 Å². The van der Waals surface area contributed by atoms with Gasteiger partial charge in [0.05, 0.1) is 17.5 Å².